The molecule has 2 fully saturated rings. The molecule has 1 unspecified atom stereocenters. The number of carbonyl (C=O) groups is 1. The molecule has 0 radical (unpaired) electrons. The number of nitrogens with zero attached hydrogens (tertiary/aromatic N) is 4. The normalized spacial score (nSPS) is 19.4. The van der Waals surface area contributed by atoms with Crippen molar-refractivity contribution in [2.45, 2.75) is 69.3 Å². The lowest BCUT2D eigenvalue weighted by molar-refractivity contribution is 0.0694. The zero-order valence-electron chi connectivity index (χ0n) is 20.8. The third-order valence-electron chi connectivity index (χ3n) is 7.51. The van der Waals surface area contributed by atoms with Crippen LogP contribution in [-0.2, 0) is 16.6 Å². The fourth-order valence-corrected chi connectivity index (χ4v) is 6.48. The minimum absolute atomic E-state index is 0.0392. The van der Waals surface area contributed by atoms with E-state index >= 15 is 0 Å². The summed E-state index contributed by atoms with van der Waals surface area (Å²) >= 11 is 0. The number of hydrogen-bond donors (Lipinski definition) is 4. The van der Waals surface area contributed by atoms with Crippen molar-refractivity contribution in [1.82, 2.24) is 29.5 Å². The first-order chi connectivity index (χ1) is 17.7. The molecule has 2 saturated carbocycles. The summed E-state index contributed by atoms with van der Waals surface area (Å²) in [6, 6.07) is 5.36. The van der Waals surface area contributed by atoms with Crippen LogP contribution < -0.4 is 15.8 Å². The zero-order chi connectivity index (χ0) is 26.1. The predicted molar refractivity (Wildman–Crippen MR) is 137 cm³/mol. The largest absolute Gasteiger partial charge is 0.382 e. The van der Waals surface area contributed by atoms with Gasteiger partial charge in [-0.05, 0) is 62.3 Å². The van der Waals surface area contributed by atoms with E-state index in [9.17, 15) is 18.3 Å². The zero-order valence-corrected chi connectivity index (χ0v) is 21.6. The number of carbonyl (C=O) groups excluding carboxylic acids is 1. The number of nitrogens with two attached hydrogens (primary N) is 1. The average molecular weight is 526 g/mol. The standard InChI is InChI=1S/C25H31N7O4S/c1-3-27-37(35,36)19-11-15(10-16-12-31(25(34)20(16)19)13(2)14-4-5-14)18-8-9-32-23(29-18)21(22(26)30-32)24(33)28-17-6-7-17/h8-11,13-14,17,24,27-28,33H,3-7,12H2,1-2H3,(H2,26,30)/t13-,24?/m0/s1. The van der Waals surface area contributed by atoms with Crippen molar-refractivity contribution >= 4 is 27.4 Å². The maximum atomic E-state index is 13.4. The van der Waals surface area contributed by atoms with Crippen LogP contribution in [0.25, 0.3) is 16.9 Å². The van der Waals surface area contributed by atoms with E-state index in [0.717, 1.165) is 25.7 Å². The van der Waals surface area contributed by atoms with Gasteiger partial charge in [-0.25, -0.2) is 22.6 Å². The highest BCUT2D eigenvalue weighted by molar-refractivity contribution is 7.89. The fraction of sp³-hybridized carbons (Fsp3) is 0.480. The summed E-state index contributed by atoms with van der Waals surface area (Å²) in [5.41, 5.74) is 8.82. The molecule has 2 aliphatic carbocycles. The Hall–Kier alpha value is -3.06. The molecular formula is C25H31N7O4S. The second-order valence-electron chi connectivity index (χ2n) is 10.2. The van der Waals surface area contributed by atoms with E-state index in [-0.39, 0.29) is 40.8 Å². The number of hydrogen-bond acceptors (Lipinski definition) is 8. The van der Waals surface area contributed by atoms with Gasteiger partial charge in [0, 0.05) is 36.9 Å². The van der Waals surface area contributed by atoms with E-state index in [1.54, 1.807) is 24.1 Å². The Bertz CT molecular complexity index is 1510. The van der Waals surface area contributed by atoms with E-state index < -0.39 is 16.3 Å². The Labute approximate surface area is 215 Å². The number of anilines is 1. The van der Waals surface area contributed by atoms with Gasteiger partial charge in [0.1, 0.15) is 6.23 Å². The van der Waals surface area contributed by atoms with Crippen molar-refractivity contribution in [2.75, 3.05) is 12.3 Å². The quantitative estimate of drug-likeness (QED) is 0.308. The van der Waals surface area contributed by atoms with Crippen LogP contribution in [0.4, 0.5) is 5.82 Å². The van der Waals surface area contributed by atoms with Crippen LogP contribution in [0.15, 0.2) is 29.3 Å². The molecule has 2 atom stereocenters. The predicted octanol–water partition coefficient (Wildman–Crippen LogP) is 1.77. The molecule has 3 heterocycles. The Morgan fingerprint density at radius 1 is 1.24 bits per heavy atom. The van der Waals surface area contributed by atoms with Crippen LogP contribution in [0.1, 0.15) is 67.2 Å². The minimum Gasteiger partial charge on any atom is -0.382 e. The minimum atomic E-state index is -3.93. The Kier molecular flexibility index (Phi) is 5.75. The summed E-state index contributed by atoms with van der Waals surface area (Å²) in [6.07, 6.45) is 4.80. The van der Waals surface area contributed by atoms with Gasteiger partial charge in [0.05, 0.1) is 21.7 Å². The van der Waals surface area contributed by atoms with Crippen molar-refractivity contribution in [2.24, 2.45) is 5.92 Å². The summed E-state index contributed by atoms with van der Waals surface area (Å²) in [4.78, 5) is 19.9. The summed E-state index contributed by atoms with van der Waals surface area (Å²) in [5, 5.41) is 18.1. The van der Waals surface area contributed by atoms with Gasteiger partial charge in [0.25, 0.3) is 5.91 Å². The van der Waals surface area contributed by atoms with Gasteiger partial charge in [-0.3, -0.25) is 10.1 Å². The first-order valence-electron chi connectivity index (χ1n) is 12.7. The maximum absolute atomic E-state index is 13.4. The molecule has 0 saturated heterocycles. The van der Waals surface area contributed by atoms with Crippen molar-refractivity contribution in [3.63, 3.8) is 0 Å². The van der Waals surface area contributed by atoms with Crippen molar-refractivity contribution in [3.05, 3.63) is 41.1 Å². The van der Waals surface area contributed by atoms with E-state index in [2.05, 4.69) is 15.1 Å². The Morgan fingerprint density at radius 2 is 2.00 bits per heavy atom. The number of aliphatic hydroxyl groups excluding tert-OH is 1. The molecule has 1 aromatic carbocycles. The third kappa shape index (κ3) is 4.27. The molecule has 0 bridgehead atoms. The Morgan fingerprint density at radius 3 is 2.68 bits per heavy atom. The lowest BCUT2D eigenvalue weighted by Gasteiger charge is -2.24. The fourth-order valence-electron chi connectivity index (χ4n) is 5.17. The van der Waals surface area contributed by atoms with Crippen molar-refractivity contribution < 1.29 is 18.3 Å². The molecule has 11 nitrogen and oxygen atoms in total. The Balaban J connectivity index is 1.46. The molecule has 1 aliphatic heterocycles. The van der Waals surface area contributed by atoms with Gasteiger partial charge in [0.2, 0.25) is 10.0 Å². The van der Waals surface area contributed by atoms with Gasteiger partial charge in [-0.15, -0.1) is 5.10 Å². The number of aliphatic hydroxyl groups is 1. The number of sulfonamides is 1. The summed E-state index contributed by atoms with van der Waals surface area (Å²) in [6.45, 7) is 4.29. The second kappa shape index (κ2) is 8.76. The molecule has 5 N–H and O–H groups in total. The van der Waals surface area contributed by atoms with Gasteiger partial charge < -0.3 is 15.7 Å². The summed E-state index contributed by atoms with van der Waals surface area (Å²) < 4.78 is 30.5. The monoisotopic (exact) mass is 525 g/mol. The lowest BCUT2D eigenvalue weighted by atomic mass is 10.0. The highest BCUT2D eigenvalue weighted by Crippen LogP contribution is 2.41. The molecule has 12 heteroatoms. The third-order valence-corrected chi connectivity index (χ3v) is 9.08. The molecule has 3 aromatic rings. The van der Waals surface area contributed by atoms with Crippen LogP contribution in [0.2, 0.25) is 0 Å². The number of aromatic nitrogens is 3. The highest BCUT2D eigenvalue weighted by atomic mass is 32.2. The van der Waals surface area contributed by atoms with Crippen LogP contribution in [0.3, 0.4) is 0 Å². The molecule has 37 heavy (non-hydrogen) atoms. The molecule has 0 spiro atoms. The van der Waals surface area contributed by atoms with Crippen LogP contribution in [0, 0.1) is 5.92 Å². The average Bonchev–Trinajstić information content (AvgIpc) is 3.78. The van der Waals surface area contributed by atoms with Crippen LogP contribution in [-0.4, -0.2) is 57.6 Å². The van der Waals surface area contributed by atoms with E-state index in [1.165, 1.54) is 10.6 Å². The topological polar surface area (TPSA) is 155 Å². The van der Waals surface area contributed by atoms with Gasteiger partial charge in [-0.2, -0.15) is 0 Å². The van der Waals surface area contributed by atoms with E-state index in [4.69, 9.17) is 10.7 Å². The molecule has 6 rings (SSSR count). The van der Waals surface area contributed by atoms with E-state index in [0.29, 0.717) is 40.5 Å². The van der Waals surface area contributed by atoms with Gasteiger partial charge >= 0.3 is 0 Å². The first-order valence-corrected chi connectivity index (χ1v) is 14.2. The molecular weight excluding hydrogens is 494 g/mol. The second-order valence-corrected chi connectivity index (χ2v) is 12.0. The number of nitrogens with one attached hydrogen (secondary N) is 2. The maximum Gasteiger partial charge on any atom is 0.256 e. The van der Waals surface area contributed by atoms with Crippen molar-refractivity contribution in [3.8, 4) is 11.3 Å². The number of benzene rings is 1. The van der Waals surface area contributed by atoms with Crippen LogP contribution >= 0.6 is 0 Å². The van der Waals surface area contributed by atoms with Crippen LogP contribution in [0.5, 0.6) is 0 Å². The summed E-state index contributed by atoms with van der Waals surface area (Å²) in [7, 11) is -3.93. The smallest absolute Gasteiger partial charge is 0.256 e. The first kappa shape index (κ1) is 24.3. The highest BCUT2D eigenvalue weighted by Gasteiger charge is 2.41. The number of rotatable bonds is 9. The SMILES string of the molecule is CCNS(=O)(=O)c1cc(-c2ccn3nc(N)c(C(O)NC4CC4)c3n2)cc2c1C(=O)N([C@@H](C)C1CC1)C2. The van der Waals surface area contributed by atoms with Crippen molar-refractivity contribution in [1.29, 1.82) is 0 Å². The molecule has 196 valence electrons. The van der Waals surface area contributed by atoms with Gasteiger partial charge in [0.15, 0.2) is 11.5 Å². The molecule has 3 aliphatic rings. The lowest BCUT2D eigenvalue weighted by Crippen LogP contribution is -2.35. The van der Waals surface area contributed by atoms with E-state index in [1.807, 2.05) is 13.0 Å². The molecule has 1 amide bonds. The number of fused-ring (bicyclic) bond motifs is 2. The van der Waals surface area contributed by atoms with Gasteiger partial charge in [-0.1, -0.05) is 6.92 Å². The number of nitrogen functional groups attached to an aromatic ring is 1. The number of amides is 1. The summed E-state index contributed by atoms with van der Waals surface area (Å²) in [5.74, 6) is 0.378. The molecule has 2 aromatic heterocycles.